The van der Waals surface area contributed by atoms with Crippen molar-refractivity contribution in [2.24, 2.45) is 0 Å². The van der Waals surface area contributed by atoms with Gasteiger partial charge < -0.3 is 20.9 Å². The Kier molecular flexibility index (Phi) is 5.59. The van der Waals surface area contributed by atoms with Crippen LogP contribution in [0.2, 0.25) is 0 Å². The molecule has 0 spiro atoms. The van der Waals surface area contributed by atoms with Crippen LogP contribution in [0, 0.1) is 5.41 Å². The molecule has 2 aromatic heterocycles. The molecule has 9 heteroatoms. The Hall–Kier alpha value is -3.85. The lowest BCUT2D eigenvalue weighted by atomic mass is 10.1. The van der Waals surface area contributed by atoms with E-state index in [-0.39, 0.29) is 23.2 Å². The SMILES string of the molecule is C[NH2+]C(C(=O)Nc1ccn2nc(-c3ccccc3)nc2c1)=C(C=N)C(=O)N(C)C1CC1. The van der Waals surface area contributed by atoms with Gasteiger partial charge in [-0.15, -0.1) is 5.10 Å². The van der Waals surface area contributed by atoms with Crippen LogP contribution in [0.25, 0.3) is 17.0 Å². The molecule has 3 aromatic rings. The van der Waals surface area contributed by atoms with E-state index in [2.05, 4.69) is 15.4 Å². The van der Waals surface area contributed by atoms with Crippen LogP contribution in [-0.4, -0.2) is 57.7 Å². The van der Waals surface area contributed by atoms with E-state index in [1.165, 1.54) is 0 Å². The zero-order chi connectivity index (χ0) is 22.0. The van der Waals surface area contributed by atoms with Crippen molar-refractivity contribution in [3.05, 3.63) is 59.9 Å². The third kappa shape index (κ3) is 4.22. The predicted octanol–water partition coefficient (Wildman–Crippen LogP) is 1.05. The van der Waals surface area contributed by atoms with Crippen LogP contribution in [0.3, 0.4) is 0 Å². The molecule has 4 N–H and O–H groups in total. The number of rotatable bonds is 7. The molecule has 0 unspecified atom stereocenters. The number of carbonyl (C=O) groups is 2. The molecule has 1 aliphatic carbocycles. The number of fused-ring (bicyclic) bond motifs is 1. The van der Waals surface area contributed by atoms with Crippen molar-refractivity contribution in [3.63, 3.8) is 0 Å². The highest BCUT2D eigenvalue weighted by atomic mass is 16.2. The first-order valence-corrected chi connectivity index (χ1v) is 10.1. The van der Waals surface area contributed by atoms with Crippen molar-refractivity contribution >= 4 is 29.4 Å². The molecule has 0 aliphatic heterocycles. The number of likely N-dealkylation sites (N-methyl/N-ethyl adjacent to an activating group) is 2. The monoisotopic (exact) mass is 418 g/mol. The van der Waals surface area contributed by atoms with E-state index in [1.807, 2.05) is 30.3 Å². The fraction of sp³-hybridized carbons (Fsp3) is 0.227. The molecule has 158 valence electrons. The number of aromatic nitrogens is 3. The van der Waals surface area contributed by atoms with E-state index in [4.69, 9.17) is 5.41 Å². The smallest absolute Gasteiger partial charge is 0.310 e. The van der Waals surface area contributed by atoms with Gasteiger partial charge in [-0.25, -0.2) is 9.50 Å². The summed E-state index contributed by atoms with van der Waals surface area (Å²) < 4.78 is 1.64. The third-order valence-electron chi connectivity index (χ3n) is 5.24. The van der Waals surface area contributed by atoms with Gasteiger partial charge in [-0.1, -0.05) is 30.3 Å². The average molecular weight is 418 g/mol. The number of pyridine rings is 1. The third-order valence-corrected chi connectivity index (χ3v) is 5.24. The second-order valence-electron chi connectivity index (χ2n) is 7.38. The van der Waals surface area contributed by atoms with Crippen LogP contribution in [0.4, 0.5) is 5.69 Å². The lowest BCUT2D eigenvalue weighted by molar-refractivity contribution is -0.570. The Morgan fingerprint density at radius 3 is 2.65 bits per heavy atom. The molecule has 1 saturated carbocycles. The van der Waals surface area contributed by atoms with Gasteiger partial charge in [0.05, 0.1) is 7.05 Å². The molecule has 2 heterocycles. The number of quaternary nitrogens is 1. The summed E-state index contributed by atoms with van der Waals surface area (Å²) in [4.78, 5) is 31.8. The number of hydrogen-bond donors (Lipinski definition) is 3. The maximum Gasteiger partial charge on any atom is 0.310 e. The summed E-state index contributed by atoms with van der Waals surface area (Å²) >= 11 is 0. The molecule has 31 heavy (non-hydrogen) atoms. The summed E-state index contributed by atoms with van der Waals surface area (Å²) in [6.45, 7) is 0. The zero-order valence-electron chi connectivity index (χ0n) is 17.4. The van der Waals surface area contributed by atoms with E-state index in [1.54, 1.807) is 47.2 Å². The van der Waals surface area contributed by atoms with E-state index >= 15 is 0 Å². The minimum Gasteiger partial charge on any atom is -0.338 e. The number of amides is 2. The highest BCUT2D eigenvalue weighted by Crippen LogP contribution is 2.26. The number of nitrogens with zero attached hydrogens (tertiary/aromatic N) is 4. The molecule has 9 nitrogen and oxygen atoms in total. The number of nitrogens with one attached hydrogen (secondary N) is 2. The molecule has 0 saturated heterocycles. The van der Waals surface area contributed by atoms with Crippen LogP contribution < -0.4 is 10.6 Å². The normalized spacial score (nSPS) is 14.1. The standard InChI is InChI=1S/C22H23N7O2/c1-24-19(17(13-23)22(31)28(2)16-8-9-16)21(30)25-15-10-11-29-18(12-15)26-20(27-29)14-6-4-3-5-7-14/h3-7,10-13,16,23-24H,8-9H2,1-2H3,(H,25,30)/p+1. The first-order chi connectivity index (χ1) is 15.0. The van der Waals surface area contributed by atoms with Crippen LogP contribution in [0.15, 0.2) is 59.9 Å². The van der Waals surface area contributed by atoms with E-state index < -0.39 is 5.91 Å². The largest absolute Gasteiger partial charge is 0.338 e. The van der Waals surface area contributed by atoms with E-state index in [0.717, 1.165) is 24.6 Å². The number of anilines is 1. The minimum atomic E-state index is -0.453. The number of carbonyl (C=O) groups excluding carboxylic acids is 2. The Balaban J connectivity index is 1.58. The van der Waals surface area contributed by atoms with Crippen molar-refractivity contribution in [1.29, 1.82) is 5.41 Å². The Morgan fingerprint density at radius 2 is 2.00 bits per heavy atom. The van der Waals surface area contributed by atoms with Crippen molar-refractivity contribution in [2.45, 2.75) is 18.9 Å². The summed E-state index contributed by atoms with van der Waals surface area (Å²) in [5.74, 6) is -0.182. The Bertz CT molecular complexity index is 1180. The Morgan fingerprint density at radius 1 is 1.26 bits per heavy atom. The second kappa shape index (κ2) is 8.49. The summed E-state index contributed by atoms with van der Waals surface area (Å²) in [5.41, 5.74) is 2.25. The molecule has 0 bridgehead atoms. The van der Waals surface area contributed by atoms with Crippen molar-refractivity contribution < 1.29 is 14.9 Å². The quantitative estimate of drug-likeness (QED) is 0.392. The minimum absolute atomic E-state index is 0.0734. The highest BCUT2D eigenvalue weighted by molar-refractivity contribution is 6.18. The van der Waals surface area contributed by atoms with Gasteiger partial charge in [-0.2, -0.15) is 0 Å². The maximum atomic E-state index is 12.9. The molecule has 2 amide bonds. The topological polar surface area (TPSA) is 120 Å². The van der Waals surface area contributed by atoms with Gasteiger partial charge in [0.25, 0.3) is 5.91 Å². The maximum absolute atomic E-state index is 12.9. The van der Waals surface area contributed by atoms with E-state index in [0.29, 0.717) is 17.2 Å². The van der Waals surface area contributed by atoms with Gasteiger partial charge in [0.2, 0.25) is 5.70 Å². The van der Waals surface area contributed by atoms with Crippen LogP contribution in [-0.2, 0) is 9.59 Å². The molecule has 1 aromatic carbocycles. The molecule has 4 rings (SSSR count). The first kappa shape index (κ1) is 20.4. The second-order valence-corrected chi connectivity index (χ2v) is 7.38. The summed E-state index contributed by atoms with van der Waals surface area (Å²) in [6.07, 6.45) is 4.57. The van der Waals surface area contributed by atoms with Crippen molar-refractivity contribution in [1.82, 2.24) is 19.5 Å². The van der Waals surface area contributed by atoms with Crippen LogP contribution in [0.1, 0.15) is 12.8 Å². The van der Waals surface area contributed by atoms with Crippen LogP contribution in [0.5, 0.6) is 0 Å². The fourth-order valence-corrected chi connectivity index (χ4v) is 3.35. The van der Waals surface area contributed by atoms with Gasteiger partial charge in [0.15, 0.2) is 11.5 Å². The molecule has 0 atom stereocenters. The summed E-state index contributed by atoms with van der Waals surface area (Å²) in [7, 11) is 3.38. The van der Waals surface area contributed by atoms with Gasteiger partial charge in [0, 0.05) is 42.8 Å². The van der Waals surface area contributed by atoms with Gasteiger partial charge in [0.1, 0.15) is 5.57 Å². The number of nitrogens with two attached hydrogens (primary N) is 1. The van der Waals surface area contributed by atoms with E-state index in [9.17, 15) is 9.59 Å². The molecule has 1 fully saturated rings. The lowest BCUT2D eigenvalue weighted by Crippen LogP contribution is -2.80. The molecule has 0 radical (unpaired) electrons. The molecule has 1 aliphatic rings. The van der Waals surface area contributed by atoms with Gasteiger partial charge in [-0.05, 0) is 18.9 Å². The van der Waals surface area contributed by atoms with Crippen molar-refractivity contribution in [2.75, 3.05) is 19.4 Å². The fourth-order valence-electron chi connectivity index (χ4n) is 3.35. The first-order valence-electron chi connectivity index (χ1n) is 10.1. The predicted molar refractivity (Wildman–Crippen MR) is 117 cm³/mol. The highest BCUT2D eigenvalue weighted by Gasteiger charge is 2.33. The summed E-state index contributed by atoms with van der Waals surface area (Å²) in [6, 6.07) is 13.3. The molecular formula is C22H24N7O2+. The zero-order valence-corrected chi connectivity index (χ0v) is 17.4. The van der Waals surface area contributed by atoms with Crippen molar-refractivity contribution in [3.8, 4) is 11.4 Å². The number of hydrogen-bond acceptors (Lipinski definition) is 5. The van der Waals surface area contributed by atoms with Gasteiger partial charge in [-0.3, -0.25) is 9.59 Å². The molecular weight excluding hydrogens is 394 g/mol. The Labute approximate surface area is 179 Å². The number of benzene rings is 1. The summed E-state index contributed by atoms with van der Waals surface area (Å²) in [5, 5.41) is 16.5. The average Bonchev–Trinajstić information content (AvgIpc) is 3.55. The van der Waals surface area contributed by atoms with Crippen LogP contribution >= 0.6 is 0 Å². The van der Waals surface area contributed by atoms with Gasteiger partial charge >= 0.3 is 5.91 Å². The lowest BCUT2D eigenvalue weighted by Gasteiger charge is -2.17.